The highest BCUT2D eigenvalue weighted by atomic mass is 19.4. The fourth-order valence-corrected chi connectivity index (χ4v) is 2.08. The first-order valence-corrected chi connectivity index (χ1v) is 6.61. The Balaban J connectivity index is 2.49. The molecule has 0 aliphatic carbocycles. The van der Waals surface area contributed by atoms with Crippen molar-refractivity contribution >= 4 is 11.8 Å². The van der Waals surface area contributed by atoms with E-state index in [1.54, 1.807) is 0 Å². The van der Waals surface area contributed by atoms with Crippen molar-refractivity contribution in [2.75, 3.05) is 0 Å². The number of aromatic carboxylic acids is 1. The van der Waals surface area contributed by atoms with Crippen molar-refractivity contribution in [2.45, 2.75) is 6.36 Å². The number of hydrogen-bond acceptors (Lipinski definition) is 3. The second-order valence-electron chi connectivity index (χ2n) is 4.71. The summed E-state index contributed by atoms with van der Waals surface area (Å²) in [6, 6.07) is 8.66. The van der Waals surface area contributed by atoms with Gasteiger partial charge in [0.2, 0.25) is 0 Å². The van der Waals surface area contributed by atoms with E-state index in [9.17, 15) is 22.8 Å². The molecule has 0 saturated carbocycles. The topological polar surface area (TPSA) is 63.6 Å². The summed E-state index contributed by atoms with van der Waals surface area (Å²) in [5.74, 6) is -2.04. The Kier molecular flexibility index (Phi) is 4.73. The van der Waals surface area contributed by atoms with Crippen molar-refractivity contribution in [3.05, 3.63) is 66.2 Å². The molecule has 0 radical (unpaired) electrons. The van der Waals surface area contributed by atoms with Gasteiger partial charge in [-0.05, 0) is 47.5 Å². The molecular formula is C17H11F3O4. The van der Waals surface area contributed by atoms with Crippen LogP contribution in [0.2, 0.25) is 0 Å². The van der Waals surface area contributed by atoms with E-state index in [4.69, 9.17) is 5.11 Å². The first kappa shape index (κ1) is 17.3. The van der Waals surface area contributed by atoms with Crippen LogP contribution in [0.1, 0.15) is 20.7 Å². The number of carbonyl (C=O) groups excluding carboxylic acids is 1. The fraction of sp³-hybridized carbons (Fsp3) is 0.0588. The summed E-state index contributed by atoms with van der Waals surface area (Å²) < 4.78 is 40.3. The summed E-state index contributed by atoms with van der Waals surface area (Å²) in [6.45, 7) is 3.37. The number of carboxylic acid groups (broad SMARTS) is 1. The zero-order valence-electron chi connectivity index (χ0n) is 12.1. The van der Waals surface area contributed by atoms with Crippen LogP contribution in [0.15, 0.2) is 55.1 Å². The Morgan fingerprint density at radius 3 is 2.21 bits per heavy atom. The molecule has 0 heterocycles. The van der Waals surface area contributed by atoms with Crippen molar-refractivity contribution in [2.24, 2.45) is 0 Å². The Hall–Kier alpha value is -3.09. The van der Waals surface area contributed by atoms with Crippen LogP contribution in [0, 0.1) is 0 Å². The number of hydrogen-bond donors (Lipinski definition) is 1. The first-order chi connectivity index (χ1) is 11.2. The van der Waals surface area contributed by atoms with Crippen LogP contribution in [-0.2, 0) is 0 Å². The van der Waals surface area contributed by atoms with Gasteiger partial charge in [-0.15, -0.1) is 13.2 Å². The lowest BCUT2D eigenvalue weighted by atomic mass is 9.94. The molecule has 0 aliphatic rings. The lowest BCUT2D eigenvalue weighted by molar-refractivity contribution is -0.274. The molecule has 7 heteroatoms. The molecule has 0 saturated heterocycles. The quantitative estimate of drug-likeness (QED) is 0.652. The summed E-state index contributed by atoms with van der Waals surface area (Å²) in [6.07, 6.45) is -3.74. The third-order valence-corrected chi connectivity index (χ3v) is 3.12. The van der Waals surface area contributed by atoms with E-state index in [-0.39, 0.29) is 16.7 Å². The predicted molar refractivity (Wildman–Crippen MR) is 80.0 cm³/mol. The van der Waals surface area contributed by atoms with Crippen molar-refractivity contribution < 1.29 is 32.6 Å². The summed E-state index contributed by atoms with van der Waals surface area (Å²) >= 11 is 0. The molecular weight excluding hydrogens is 325 g/mol. The van der Waals surface area contributed by atoms with Gasteiger partial charge >= 0.3 is 12.3 Å². The molecule has 0 atom stereocenters. The third-order valence-electron chi connectivity index (χ3n) is 3.12. The van der Waals surface area contributed by atoms with E-state index in [0.29, 0.717) is 5.56 Å². The fourth-order valence-electron chi connectivity index (χ4n) is 2.08. The molecule has 24 heavy (non-hydrogen) atoms. The number of halogens is 3. The van der Waals surface area contributed by atoms with Gasteiger partial charge < -0.3 is 9.84 Å². The van der Waals surface area contributed by atoms with E-state index < -0.39 is 23.9 Å². The largest absolute Gasteiger partial charge is 0.573 e. The molecule has 0 spiro atoms. The van der Waals surface area contributed by atoms with E-state index in [1.807, 2.05) is 0 Å². The number of alkyl halides is 3. The van der Waals surface area contributed by atoms with Crippen LogP contribution in [0.3, 0.4) is 0 Å². The number of rotatable bonds is 5. The molecule has 2 aromatic rings. The lowest BCUT2D eigenvalue weighted by Crippen LogP contribution is -2.16. The van der Waals surface area contributed by atoms with E-state index in [2.05, 4.69) is 11.3 Å². The molecule has 0 aliphatic heterocycles. The monoisotopic (exact) mass is 336 g/mol. The average Bonchev–Trinajstić information content (AvgIpc) is 2.52. The van der Waals surface area contributed by atoms with Crippen LogP contribution in [0.5, 0.6) is 5.75 Å². The molecule has 0 fully saturated rings. The summed E-state index contributed by atoms with van der Waals surface area (Å²) in [7, 11) is 0. The lowest BCUT2D eigenvalue weighted by Gasteiger charge is -2.11. The Morgan fingerprint density at radius 2 is 1.71 bits per heavy atom. The molecule has 2 rings (SSSR count). The second kappa shape index (κ2) is 6.57. The van der Waals surface area contributed by atoms with Gasteiger partial charge in [-0.3, -0.25) is 4.79 Å². The number of ether oxygens (including phenoxy) is 1. The Labute approximate surface area is 134 Å². The van der Waals surface area contributed by atoms with Gasteiger partial charge in [-0.2, -0.15) is 0 Å². The van der Waals surface area contributed by atoms with Gasteiger partial charge in [0.25, 0.3) is 0 Å². The van der Waals surface area contributed by atoms with Gasteiger partial charge in [-0.1, -0.05) is 18.7 Å². The highest BCUT2D eigenvalue weighted by Gasteiger charge is 2.31. The SMILES string of the molecule is C=CC(=O)c1ccc(C(=O)O)cc1-c1ccc(OC(F)(F)F)cc1. The van der Waals surface area contributed by atoms with Gasteiger partial charge in [0.05, 0.1) is 5.56 Å². The van der Waals surface area contributed by atoms with Crippen LogP contribution in [-0.4, -0.2) is 23.2 Å². The minimum atomic E-state index is -4.81. The zero-order valence-corrected chi connectivity index (χ0v) is 12.1. The normalized spacial score (nSPS) is 11.0. The number of carbonyl (C=O) groups is 2. The maximum absolute atomic E-state index is 12.2. The van der Waals surface area contributed by atoms with Crippen molar-refractivity contribution in [1.82, 2.24) is 0 Å². The minimum absolute atomic E-state index is 0.0544. The summed E-state index contributed by atoms with van der Waals surface area (Å²) in [5, 5.41) is 9.06. The first-order valence-electron chi connectivity index (χ1n) is 6.61. The third kappa shape index (κ3) is 4.01. The molecule has 1 N–H and O–H groups in total. The maximum Gasteiger partial charge on any atom is 0.573 e. The van der Waals surface area contributed by atoms with Crippen molar-refractivity contribution in [1.29, 1.82) is 0 Å². The molecule has 124 valence electrons. The standard InChI is InChI=1S/C17H11F3O4/c1-2-15(21)13-8-5-11(16(22)23)9-14(13)10-3-6-12(7-4-10)24-17(18,19)20/h2-9H,1H2,(H,22,23). The van der Waals surface area contributed by atoms with Crippen LogP contribution >= 0.6 is 0 Å². The highest BCUT2D eigenvalue weighted by molar-refractivity contribution is 6.09. The van der Waals surface area contributed by atoms with Gasteiger partial charge in [0.15, 0.2) is 5.78 Å². The predicted octanol–water partition coefficient (Wildman–Crippen LogP) is 4.32. The molecule has 0 aromatic heterocycles. The minimum Gasteiger partial charge on any atom is -0.478 e. The van der Waals surface area contributed by atoms with Gasteiger partial charge in [0, 0.05) is 5.56 Å². The Morgan fingerprint density at radius 1 is 1.08 bits per heavy atom. The molecule has 0 bridgehead atoms. The number of ketones is 1. The van der Waals surface area contributed by atoms with Gasteiger partial charge in [-0.25, -0.2) is 4.79 Å². The summed E-state index contributed by atoms with van der Waals surface area (Å²) in [5.41, 5.74) is 0.789. The number of allylic oxidation sites excluding steroid dienone is 1. The van der Waals surface area contributed by atoms with Gasteiger partial charge in [0.1, 0.15) is 5.75 Å². The average molecular weight is 336 g/mol. The van der Waals surface area contributed by atoms with Crippen molar-refractivity contribution in [3.8, 4) is 16.9 Å². The maximum atomic E-state index is 12.2. The molecule has 2 aromatic carbocycles. The van der Waals surface area contributed by atoms with E-state index >= 15 is 0 Å². The van der Waals surface area contributed by atoms with Crippen LogP contribution in [0.25, 0.3) is 11.1 Å². The number of benzene rings is 2. The van der Waals surface area contributed by atoms with E-state index in [1.165, 1.54) is 30.3 Å². The molecule has 0 amide bonds. The highest BCUT2D eigenvalue weighted by Crippen LogP contribution is 2.29. The zero-order chi connectivity index (χ0) is 17.9. The van der Waals surface area contributed by atoms with Crippen LogP contribution in [0.4, 0.5) is 13.2 Å². The smallest absolute Gasteiger partial charge is 0.478 e. The molecule has 0 unspecified atom stereocenters. The molecule has 4 nitrogen and oxygen atoms in total. The number of carboxylic acids is 1. The summed E-state index contributed by atoms with van der Waals surface area (Å²) in [4.78, 5) is 23.0. The van der Waals surface area contributed by atoms with Crippen molar-refractivity contribution in [3.63, 3.8) is 0 Å². The Bertz CT molecular complexity index is 792. The van der Waals surface area contributed by atoms with E-state index in [0.717, 1.165) is 18.2 Å². The second-order valence-corrected chi connectivity index (χ2v) is 4.71. The van der Waals surface area contributed by atoms with Crippen LogP contribution < -0.4 is 4.74 Å².